The fourth-order valence-corrected chi connectivity index (χ4v) is 4.32. The normalized spacial score (nSPS) is 10.9. The number of nitrogens with one attached hydrogen (secondary N) is 1. The Bertz CT molecular complexity index is 1320. The van der Waals surface area contributed by atoms with E-state index in [-0.39, 0.29) is 16.4 Å². The Hall–Kier alpha value is -3.98. The summed E-state index contributed by atoms with van der Waals surface area (Å²) < 4.78 is 32.3. The maximum absolute atomic E-state index is 13.0. The molecule has 0 unspecified atom stereocenters. The van der Waals surface area contributed by atoms with E-state index >= 15 is 0 Å². The molecule has 3 rings (SSSR count). The molecule has 0 bridgehead atoms. The third-order valence-corrected chi connectivity index (χ3v) is 6.77. The van der Waals surface area contributed by atoms with Crippen molar-refractivity contribution < 1.29 is 27.5 Å². The van der Waals surface area contributed by atoms with Crippen LogP contribution in [0.5, 0.6) is 0 Å². The van der Waals surface area contributed by atoms with E-state index in [2.05, 4.69) is 5.32 Å². The average Bonchev–Trinajstić information content (AvgIpc) is 2.82. The highest BCUT2D eigenvalue weighted by atomic mass is 32.2. The van der Waals surface area contributed by atoms with Crippen molar-refractivity contribution in [3.05, 3.63) is 89.5 Å². The lowest BCUT2D eigenvalue weighted by molar-refractivity contribution is -0.114. The highest BCUT2D eigenvalue weighted by molar-refractivity contribution is 7.92. The maximum Gasteiger partial charge on any atom is 0.338 e. The number of benzene rings is 3. The summed E-state index contributed by atoms with van der Waals surface area (Å²) >= 11 is 0. The van der Waals surface area contributed by atoms with Crippen molar-refractivity contribution in [1.82, 2.24) is 0 Å². The molecule has 0 aliphatic rings. The van der Waals surface area contributed by atoms with Crippen LogP contribution in [0.4, 0.5) is 11.4 Å². The topological polar surface area (TPSA) is 110 Å². The largest absolute Gasteiger partial charge is 0.454 e. The highest BCUT2D eigenvalue weighted by Crippen LogP contribution is 2.23. The molecule has 0 saturated heterocycles. The van der Waals surface area contributed by atoms with Crippen molar-refractivity contribution in [2.75, 3.05) is 23.3 Å². The van der Waals surface area contributed by atoms with E-state index in [1.807, 2.05) is 6.92 Å². The molecular weight excluding hydrogens is 456 g/mol. The summed E-state index contributed by atoms with van der Waals surface area (Å²) in [4.78, 5) is 35.8. The molecule has 1 amide bonds. The van der Waals surface area contributed by atoms with E-state index in [1.54, 1.807) is 36.4 Å². The van der Waals surface area contributed by atoms with Crippen LogP contribution in [0.15, 0.2) is 77.7 Å². The number of aryl methyl sites for hydroxylation is 1. The van der Waals surface area contributed by atoms with Gasteiger partial charge >= 0.3 is 5.97 Å². The molecule has 0 aliphatic carbocycles. The van der Waals surface area contributed by atoms with E-state index in [0.717, 1.165) is 9.87 Å². The number of carbonyl (C=O) groups is 3. The Balaban J connectivity index is 1.69. The number of anilines is 2. The van der Waals surface area contributed by atoms with Crippen LogP contribution in [0, 0.1) is 6.92 Å². The molecule has 0 aromatic heterocycles. The summed E-state index contributed by atoms with van der Waals surface area (Å²) in [6, 6.07) is 18.6. The minimum absolute atomic E-state index is 0.00665. The second-order valence-corrected chi connectivity index (χ2v) is 9.56. The molecular formula is C25H24N2O6S. The van der Waals surface area contributed by atoms with Crippen molar-refractivity contribution in [2.45, 2.75) is 18.7 Å². The average molecular weight is 481 g/mol. The lowest BCUT2D eigenvalue weighted by Gasteiger charge is -2.20. The number of Topliss-reactive ketones (excluding diaryl/α,β-unsaturated/α-hetero) is 1. The number of ether oxygens (including phenoxy) is 1. The number of ketones is 1. The quantitative estimate of drug-likeness (QED) is 0.388. The van der Waals surface area contributed by atoms with Gasteiger partial charge in [0, 0.05) is 25.2 Å². The van der Waals surface area contributed by atoms with E-state index in [1.165, 1.54) is 50.4 Å². The van der Waals surface area contributed by atoms with Crippen LogP contribution in [0.2, 0.25) is 0 Å². The first kappa shape index (κ1) is 24.7. The summed E-state index contributed by atoms with van der Waals surface area (Å²) in [5.41, 5.74) is 2.33. The Labute approximate surface area is 198 Å². The van der Waals surface area contributed by atoms with Gasteiger partial charge in [-0.25, -0.2) is 13.2 Å². The van der Waals surface area contributed by atoms with Crippen LogP contribution in [0.3, 0.4) is 0 Å². The number of amides is 1. The molecule has 0 fully saturated rings. The number of nitrogens with zero attached hydrogens (tertiary/aromatic N) is 1. The zero-order valence-electron chi connectivity index (χ0n) is 18.9. The van der Waals surface area contributed by atoms with E-state index in [4.69, 9.17) is 4.74 Å². The lowest BCUT2D eigenvalue weighted by Crippen LogP contribution is -2.26. The molecule has 0 spiro atoms. The van der Waals surface area contributed by atoms with Crippen LogP contribution in [0.1, 0.15) is 33.2 Å². The first-order valence-corrected chi connectivity index (χ1v) is 11.8. The Morgan fingerprint density at radius 1 is 0.912 bits per heavy atom. The molecule has 0 heterocycles. The van der Waals surface area contributed by atoms with E-state index < -0.39 is 28.4 Å². The summed E-state index contributed by atoms with van der Waals surface area (Å²) in [6.45, 7) is 2.76. The van der Waals surface area contributed by atoms with Crippen LogP contribution in [0.25, 0.3) is 0 Å². The monoisotopic (exact) mass is 480 g/mol. The third kappa shape index (κ3) is 5.87. The molecule has 3 aromatic carbocycles. The van der Waals surface area contributed by atoms with Gasteiger partial charge in [0.25, 0.3) is 10.0 Å². The van der Waals surface area contributed by atoms with Gasteiger partial charge in [0.1, 0.15) is 0 Å². The number of carbonyl (C=O) groups excluding carboxylic acids is 3. The van der Waals surface area contributed by atoms with E-state index in [9.17, 15) is 22.8 Å². The number of esters is 1. The summed E-state index contributed by atoms with van der Waals surface area (Å²) in [5, 5.41) is 2.59. The van der Waals surface area contributed by atoms with Crippen molar-refractivity contribution in [2.24, 2.45) is 0 Å². The lowest BCUT2D eigenvalue weighted by atomic mass is 10.1. The van der Waals surface area contributed by atoms with Crippen molar-refractivity contribution in [3.8, 4) is 0 Å². The second kappa shape index (κ2) is 10.3. The standard InChI is InChI=1S/C25H24N2O6S/c1-17-7-13-22(14-8-17)27(3)34(31,32)23-6-4-5-20(15-23)25(30)33-16-24(29)19-9-11-21(12-10-19)26-18(2)28/h4-15H,16H2,1-3H3,(H,26,28). The summed E-state index contributed by atoms with van der Waals surface area (Å²) in [7, 11) is -2.49. The number of hydrogen-bond donors (Lipinski definition) is 1. The van der Waals surface area contributed by atoms with Crippen LogP contribution in [-0.2, 0) is 19.6 Å². The van der Waals surface area contributed by atoms with Gasteiger partial charge < -0.3 is 10.1 Å². The smallest absolute Gasteiger partial charge is 0.338 e. The Morgan fingerprint density at radius 2 is 1.56 bits per heavy atom. The van der Waals surface area contributed by atoms with Crippen molar-refractivity contribution in [1.29, 1.82) is 0 Å². The van der Waals surface area contributed by atoms with Gasteiger partial charge in [0.15, 0.2) is 12.4 Å². The highest BCUT2D eigenvalue weighted by Gasteiger charge is 2.23. The first-order chi connectivity index (χ1) is 16.1. The van der Waals surface area contributed by atoms with Gasteiger partial charge in [-0.15, -0.1) is 0 Å². The molecule has 1 N–H and O–H groups in total. The van der Waals surface area contributed by atoms with Crippen LogP contribution in [-0.4, -0.2) is 39.7 Å². The molecule has 0 saturated carbocycles. The zero-order chi connectivity index (χ0) is 24.9. The Morgan fingerprint density at radius 3 is 2.18 bits per heavy atom. The van der Waals surface area contributed by atoms with Crippen LogP contribution < -0.4 is 9.62 Å². The van der Waals surface area contributed by atoms with Crippen LogP contribution >= 0.6 is 0 Å². The maximum atomic E-state index is 13.0. The number of hydrogen-bond acceptors (Lipinski definition) is 6. The minimum atomic E-state index is -3.92. The van der Waals surface area contributed by atoms with E-state index in [0.29, 0.717) is 16.9 Å². The number of sulfonamides is 1. The number of rotatable bonds is 8. The zero-order valence-corrected chi connectivity index (χ0v) is 19.8. The van der Waals surface area contributed by atoms with Gasteiger partial charge in [0.2, 0.25) is 5.91 Å². The minimum Gasteiger partial charge on any atom is -0.454 e. The molecule has 0 radical (unpaired) electrons. The third-order valence-electron chi connectivity index (χ3n) is 4.99. The van der Waals surface area contributed by atoms with Gasteiger partial charge in [0.05, 0.1) is 16.1 Å². The molecule has 0 atom stereocenters. The van der Waals surface area contributed by atoms with Gasteiger partial charge in [-0.05, 0) is 61.5 Å². The molecule has 176 valence electrons. The van der Waals surface area contributed by atoms with Gasteiger partial charge in [-0.1, -0.05) is 23.8 Å². The first-order valence-electron chi connectivity index (χ1n) is 10.3. The summed E-state index contributed by atoms with van der Waals surface area (Å²) in [6.07, 6.45) is 0. The predicted molar refractivity (Wildman–Crippen MR) is 129 cm³/mol. The fraction of sp³-hybridized carbons (Fsp3) is 0.160. The fourth-order valence-electron chi connectivity index (χ4n) is 3.08. The molecule has 3 aromatic rings. The van der Waals surface area contributed by atoms with Crippen molar-refractivity contribution >= 4 is 39.1 Å². The molecule has 0 aliphatic heterocycles. The predicted octanol–water partition coefficient (Wildman–Crippen LogP) is 3.82. The Kier molecular flexibility index (Phi) is 7.47. The van der Waals surface area contributed by atoms with Gasteiger partial charge in [-0.2, -0.15) is 0 Å². The van der Waals surface area contributed by atoms with Crippen molar-refractivity contribution in [3.63, 3.8) is 0 Å². The SMILES string of the molecule is CC(=O)Nc1ccc(C(=O)COC(=O)c2cccc(S(=O)(=O)N(C)c3ccc(C)cc3)c2)cc1. The second-order valence-electron chi connectivity index (χ2n) is 7.59. The molecule has 9 heteroatoms. The molecule has 34 heavy (non-hydrogen) atoms. The molecule has 8 nitrogen and oxygen atoms in total. The summed E-state index contributed by atoms with van der Waals surface area (Å²) in [5.74, 6) is -1.49. The van der Waals surface area contributed by atoms with Gasteiger partial charge in [-0.3, -0.25) is 13.9 Å².